The largest absolute Gasteiger partial charge is 0.481 e. The van der Waals surface area contributed by atoms with E-state index in [4.69, 9.17) is 5.11 Å². The highest BCUT2D eigenvalue weighted by molar-refractivity contribution is 5.76. The third-order valence-electron chi connectivity index (χ3n) is 3.35. The number of nitrogens with one attached hydrogen (secondary N) is 2. The lowest BCUT2D eigenvalue weighted by Gasteiger charge is -2.21. The molecule has 0 aliphatic carbocycles. The molecule has 106 valence electrons. The summed E-state index contributed by atoms with van der Waals surface area (Å²) in [5.41, 5.74) is 0. The first-order valence-corrected chi connectivity index (χ1v) is 6.69. The molecule has 3 atom stereocenters. The van der Waals surface area contributed by atoms with Gasteiger partial charge in [0, 0.05) is 12.6 Å². The summed E-state index contributed by atoms with van der Waals surface area (Å²) in [6.45, 7) is 8.21. The van der Waals surface area contributed by atoms with Gasteiger partial charge in [-0.3, -0.25) is 4.79 Å². The van der Waals surface area contributed by atoms with Gasteiger partial charge in [0.05, 0.1) is 5.92 Å². The first-order chi connectivity index (χ1) is 8.42. The summed E-state index contributed by atoms with van der Waals surface area (Å²) in [5, 5.41) is 14.4. The lowest BCUT2D eigenvalue weighted by atomic mass is 10.0. The van der Waals surface area contributed by atoms with E-state index >= 15 is 0 Å². The van der Waals surface area contributed by atoms with Gasteiger partial charge in [0.1, 0.15) is 0 Å². The van der Waals surface area contributed by atoms with Crippen LogP contribution in [0.5, 0.6) is 0 Å². The van der Waals surface area contributed by atoms with Crippen molar-refractivity contribution in [3.63, 3.8) is 0 Å². The second-order valence-corrected chi connectivity index (χ2v) is 4.85. The molecular weight excluding hydrogens is 232 g/mol. The Morgan fingerprint density at radius 1 is 1.22 bits per heavy atom. The van der Waals surface area contributed by atoms with Crippen LogP contribution in [0, 0.1) is 11.8 Å². The summed E-state index contributed by atoms with van der Waals surface area (Å²) < 4.78 is 0. The molecule has 0 spiro atoms. The zero-order valence-corrected chi connectivity index (χ0v) is 11.8. The Hall–Kier alpha value is -1.26. The van der Waals surface area contributed by atoms with Gasteiger partial charge in [-0.25, -0.2) is 4.79 Å². The molecule has 0 bridgehead atoms. The van der Waals surface area contributed by atoms with Crippen LogP contribution in [0.4, 0.5) is 4.79 Å². The van der Waals surface area contributed by atoms with Crippen molar-refractivity contribution in [3.05, 3.63) is 0 Å². The van der Waals surface area contributed by atoms with Crippen LogP contribution in [-0.2, 0) is 4.79 Å². The van der Waals surface area contributed by atoms with E-state index in [-0.39, 0.29) is 18.6 Å². The summed E-state index contributed by atoms with van der Waals surface area (Å²) in [5.74, 6) is -0.951. The minimum Gasteiger partial charge on any atom is -0.481 e. The quantitative estimate of drug-likeness (QED) is 0.624. The number of carboxylic acid groups (broad SMARTS) is 1. The first kappa shape index (κ1) is 16.7. The molecule has 0 saturated carbocycles. The number of urea groups is 1. The van der Waals surface area contributed by atoms with Crippen molar-refractivity contribution in [1.82, 2.24) is 10.6 Å². The zero-order chi connectivity index (χ0) is 14.1. The maximum atomic E-state index is 11.6. The number of carboxylic acids is 1. The second-order valence-electron chi connectivity index (χ2n) is 4.85. The predicted molar refractivity (Wildman–Crippen MR) is 71.5 cm³/mol. The fourth-order valence-corrected chi connectivity index (χ4v) is 1.63. The molecule has 0 heterocycles. The van der Waals surface area contributed by atoms with Crippen LogP contribution in [0.2, 0.25) is 0 Å². The van der Waals surface area contributed by atoms with Crippen LogP contribution in [0.3, 0.4) is 0 Å². The van der Waals surface area contributed by atoms with Gasteiger partial charge in [-0.2, -0.15) is 0 Å². The summed E-state index contributed by atoms with van der Waals surface area (Å²) in [7, 11) is 0. The van der Waals surface area contributed by atoms with Crippen LogP contribution in [0.1, 0.15) is 47.0 Å². The smallest absolute Gasteiger partial charge is 0.315 e. The van der Waals surface area contributed by atoms with Crippen LogP contribution in [-0.4, -0.2) is 29.7 Å². The third-order valence-corrected chi connectivity index (χ3v) is 3.35. The second kappa shape index (κ2) is 8.78. The SMILES string of the molecule is CCCC(CNC(=O)NC(C)C(C)CC)C(=O)O. The fraction of sp³-hybridized carbons (Fsp3) is 0.846. The van der Waals surface area contributed by atoms with E-state index in [0.29, 0.717) is 12.3 Å². The zero-order valence-electron chi connectivity index (χ0n) is 11.8. The Labute approximate surface area is 109 Å². The van der Waals surface area contributed by atoms with Crippen LogP contribution >= 0.6 is 0 Å². The monoisotopic (exact) mass is 258 g/mol. The number of rotatable bonds is 8. The Kier molecular flexibility index (Phi) is 8.16. The molecule has 3 N–H and O–H groups in total. The predicted octanol–water partition coefficient (Wildman–Crippen LogP) is 2.22. The lowest BCUT2D eigenvalue weighted by molar-refractivity contribution is -0.141. The average molecular weight is 258 g/mol. The van der Waals surface area contributed by atoms with E-state index in [2.05, 4.69) is 24.5 Å². The van der Waals surface area contributed by atoms with Gasteiger partial charge in [0.15, 0.2) is 0 Å². The Balaban J connectivity index is 4.04. The lowest BCUT2D eigenvalue weighted by Crippen LogP contribution is -2.45. The summed E-state index contributed by atoms with van der Waals surface area (Å²) >= 11 is 0. The maximum absolute atomic E-state index is 11.6. The van der Waals surface area contributed by atoms with Gasteiger partial charge >= 0.3 is 12.0 Å². The highest BCUT2D eigenvalue weighted by Crippen LogP contribution is 2.07. The summed E-state index contributed by atoms with van der Waals surface area (Å²) in [4.78, 5) is 22.5. The van der Waals surface area contributed by atoms with Crippen molar-refractivity contribution in [2.45, 2.75) is 53.0 Å². The summed E-state index contributed by atoms with van der Waals surface area (Å²) in [6, 6.07) is -0.199. The van der Waals surface area contributed by atoms with Crippen LogP contribution in [0.15, 0.2) is 0 Å². The number of aliphatic carboxylic acids is 1. The molecule has 0 radical (unpaired) electrons. The van der Waals surface area contributed by atoms with E-state index in [0.717, 1.165) is 12.8 Å². The van der Waals surface area contributed by atoms with E-state index in [1.54, 1.807) is 0 Å². The molecule has 5 nitrogen and oxygen atoms in total. The van der Waals surface area contributed by atoms with E-state index in [1.807, 2.05) is 13.8 Å². The minimum atomic E-state index is -0.855. The standard InChI is InChI=1S/C13H26N2O3/c1-5-7-11(12(16)17)8-14-13(18)15-10(4)9(3)6-2/h9-11H,5-8H2,1-4H3,(H,16,17)(H2,14,15,18). The van der Waals surface area contributed by atoms with Crippen molar-refractivity contribution >= 4 is 12.0 Å². The van der Waals surface area contributed by atoms with Gasteiger partial charge in [-0.15, -0.1) is 0 Å². The number of carbonyl (C=O) groups excluding carboxylic acids is 1. The maximum Gasteiger partial charge on any atom is 0.315 e. The van der Waals surface area contributed by atoms with Gasteiger partial charge in [0.25, 0.3) is 0 Å². The number of amides is 2. The molecule has 2 amide bonds. The van der Waals surface area contributed by atoms with Gasteiger partial charge in [0.2, 0.25) is 0 Å². The van der Waals surface area contributed by atoms with E-state index in [9.17, 15) is 9.59 Å². The Morgan fingerprint density at radius 3 is 2.28 bits per heavy atom. The molecular formula is C13H26N2O3. The molecule has 0 aliphatic rings. The van der Waals surface area contributed by atoms with Gasteiger partial charge in [-0.1, -0.05) is 33.6 Å². The average Bonchev–Trinajstić information content (AvgIpc) is 2.32. The molecule has 18 heavy (non-hydrogen) atoms. The third kappa shape index (κ3) is 6.47. The van der Waals surface area contributed by atoms with Crippen molar-refractivity contribution < 1.29 is 14.7 Å². The van der Waals surface area contributed by atoms with Gasteiger partial charge in [-0.05, 0) is 19.3 Å². The Morgan fingerprint density at radius 2 is 1.83 bits per heavy atom. The van der Waals surface area contributed by atoms with E-state index in [1.165, 1.54) is 0 Å². The number of hydrogen-bond donors (Lipinski definition) is 3. The summed E-state index contributed by atoms with van der Waals surface area (Å²) in [6.07, 6.45) is 2.37. The van der Waals surface area contributed by atoms with Crippen molar-refractivity contribution in [2.75, 3.05) is 6.54 Å². The van der Waals surface area contributed by atoms with Crippen molar-refractivity contribution in [1.29, 1.82) is 0 Å². The normalized spacial score (nSPS) is 15.6. The van der Waals surface area contributed by atoms with E-state index < -0.39 is 11.9 Å². The molecule has 0 aromatic carbocycles. The number of carbonyl (C=O) groups is 2. The molecule has 0 saturated heterocycles. The molecule has 3 unspecified atom stereocenters. The molecule has 5 heteroatoms. The van der Waals surface area contributed by atoms with Gasteiger partial charge < -0.3 is 15.7 Å². The minimum absolute atomic E-state index is 0.0875. The fourth-order valence-electron chi connectivity index (χ4n) is 1.63. The highest BCUT2D eigenvalue weighted by Gasteiger charge is 2.18. The highest BCUT2D eigenvalue weighted by atomic mass is 16.4. The van der Waals surface area contributed by atoms with Crippen LogP contribution < -0.4 is 10.6 Å². The molecule has 0 rings (SSSR count). The van der Waals surface area contributed by atoms with Crippen molar-refractivity contribution in [2.24, 2.45) is 11.8 Å². The topological polar surface area (TPSA) is 78.4 Å². The molecule has 0 fully saturated rings. The van der Waals surface area contributed by atoms with Crippen molar-refractivity contribution in [3.8, 4) is 0 Å². The van der Waals surface area contributed by atoms with Crippen LogP contribution in [0.25, 0.3) is 0 Å². The first-order valence-electron chi connectivity index (χ1n) is 6.69. The number of hydrogen-bond acceptors (Lipinski definition) is 2. The Bertz CT molecular complexity index is 269. The molecule has 0 aromatic rings. The molecule has 0 aliphatic heterocycles. The molecule has 0 aromatic heterocycles.